The maximum Gasteiger partial charge on any atom is 0.416 e. The second-order valence-corrected chi connectivity index (χ2v) is 4.45. The monoisotopic (exact) mass is 309 g/mol. The van der Waals surface area contributed by atoms with E-state index >= 15 is 0 Å². The predicted molar refractivity (Wildman–Crippen MR) is 75.7 cm³/mol. The van der Waals surface area contributed by atoms with Gasteiger partial charge >= 0.3 is 6.18 Å². The van der Waals surface area contributed by atoms with Gasteiger partial charge in [0, 0.05) is 0 Å². The van der Waals surface area contributed by atoms with Gasteiger partial charge in [-0.15, -0.1) is 0 Å². The molecular weight excluding hydrogens is 299 g/mol. The fraction of sp³-hybridized carbons (Fsp3) is 0.231. The zero-order valence-corrected chi connectivity index (χ0v) is 11.1. The molecule has 2 heterocycles. The van der Waals surface area contributed by atoms with Crippen LogP contribution in [0.3, 0.4) is 0 Å². The highest BCUT2D eigenvalue weighted by Gasteiger charge is 2.32. The van der Waals surface area contributed by atoms with Crippen LogP contribution in [0.15, 0.2) is 44.2 Å². The largest absolute Gasteiger partial charge is 0.437 e. The van der Waals surface area contributed by atoms with Crippen LogP contribution in [0, 0.1) is 0 Å². The van der Waals surface area contributed by atoms with E-state index in [2.05, 4.69) is 20.0 Å². The van der Waals surface area contributed by atoms with Gasteiger partial charge in [0.25, 0.3) is 0 Å². The molecule has 22 heavy (non-hydrogen) atoms. The molecule has 1 unspecified atom stereocenters. The molecule has 2 N–H and O–H groups in total. The summed E-state index contributed by atoms with van der Waals surface area (Å²) in [5.41, 5.74) is 5.02. The number of hydrogen-bond donors (Lipinski definition) is 1. The van der Waals surface area contributed by atoms with Crippen LogP contribution in [-0.2, 0) is 6.18 Å². The van der Waals surface area contributed by atoms with Crippen LogP contribution in [-0.4, -0.2) is 36.5 Å². The molecule has 1 atom stereocenters. The molecule has 3 rings (SSSR count). The summed E-state index contributed by atoms with van der Waals surface area (Å²) in [4.78, 5) is 16.2. The van der Waals surface area contributed by atoms with Crippen LogP contribution in [0.4, 0.5) is 13.2 Å². The van der Waals surface area contributed by atoms with E-state index in [9.17, 15) is 13.2 Å². The van der Waals surface area contributed by atoms with Gasteiger partial charge in [-0.25, -0.2) is 15.0 Å². The van der Waals surface area contributed by atoms with Gasteiger partial charge in [0.05, 0.1) is 12.1 Å². The number of amidine groups is 1. The van der Waals surface area contributed by atoms with Crippen molar-refractivity contribution >= 4 is 23.8 Å². The molecule has 0 spiro atoms. The average molecular weight is 309 g/mol. The Labute approximate surface area is 123 Å². The Morgan fingerprint density at radius 3 is 2.82 bits per heavy atom. The van der Waals surface area contributed by atoms with Crippen LogP contribution >= 0.6 is 0 Å². The second-order valence-electron chi connectivity index (χ2n) is 4.45. The molecule has 0 radical (unpaired) electrons. The third-order valence-corrected chi connectivity index (χ3v) is 2.93. The standard InChI is InChI=1S/C13H10F3N5O/c14-13(15,16)7-2-1-3-8(4-7)22-12-10-11(19-6-18-10)20-9(5-17)21-12/h1-4,6,11H,5,17H2. The van der Waals surface area contributed by atoms with E-state index in [0.717, 1.165) is 12.1 Å². The minimum absolute atomic E-state index is 0.000182. The minimum Gasteiger partial charge on any atom is -0.437 e. The predicted octanol–water partition coefficient (Wildman–Crippen LogP) is 1.66. The molecule has 114 valence electrons. The van der Waals surface area contributed by atoms with Gasteiger partial charge in [-0.1, -0.05) is 6.07 Å². The smallest absolute Gasteiger partial charge is 0.416 e. The quantitative estimate of drug-likeness (QED) is 0.901. The van der Waals surface area contributed by atoms with E-state index in [1.807, 2.05) is 0 Å². The maximum atomic E-state index is 12.7. The van der Waals surface area contributed by atoms with Crippen molar-refractivity contribution in [2.45, 2.75) is 12.3 Å². The number of alkyl halides is 3. The van der Waals surface area contributed by atoms with Gasteiger partial charge in [-0.05, 0) is 18.2 Å². The number of halogens is 3. The average Bonchev–Trinajstić information content (AvgIpc) is 2.95. The molecule has 0 aromatic heterocycles. The van der Waals surface area contributed by atoms with Crippen molar-refractivity contribution in [2.75, 3.05) is 6.54 Å². The maximum absolute atomic E-state index is 12.7. The van der Waals surface area contributed by atoms with Crippen molar-refractivity contribution in [1.29, 1.82) is 0 Å². The fourth-order valence-electron chi connectivity index (χ4n) is 1.92. The zero-order chi connectivity index (χ0) is 15.7. The lowest BCUT2D eigenvalue weighted by atomic mass is 10.2. The highest BCUT2D eigenvalue weighted by atomic mass is 19.4. The summed E-state index contributed by atoms with van der Waals surface area (Å²) in [7, 11) is 0. The summed E-state index contributed by atoms with van der Waals surface area (Å²) in [6, 6.07) is 4.50. The summed E-state index contributed by atoms with van der Waals surface area (Å²) < 4.78 is 43.6. The third-order valence-electron chi connectivity index (χ3n) is 2.93. The van der Waals surface area contributed by atoms with Crippen molar-refractivity contribution in [1.82, 2.24) is 0 Å². The molecule has 9 heteroatoms. The molecular formula is C13H10F3N5O. The van der Waals surface area contributed by atoms with Crippen molar-refractivity contribution in [3.05, 3.63) is 29.8 Å². The molecule has 6 nitrogen and oxygen atoms in total. The van der Waals surface area contributed by atoms with E-state index in [-0.39, 0.29) is 18.2 Å². The van der Waals surface area contributed by atoms with E-state index < -0.39 is 17.9 Å². The van der Waals surface area contributed by atoms with Crippen LogP contribution < -0.4 is 10.5 Å². The second kappa shape index (κ2) is 5.34. The third kappa shape index (κ3) is 2.75. The summed E-state index contributed by atoms with van der Waals surface area (Å²) in [6.45, 7) is 0.0642. The Balaban J connectivity index is 1.89. The molecule has 1 aromatic carbocycles. The molecule has 1 aromatic rings. The Bertz CT molecular complexity index is 721. The van der Waals surface area contributed by atoms with Crippen LogP contribution in [0.5, 0.6) is 5.75 Å². The minimum atomic E-state index is -4.45. The molecule has 0 saturated heterocycles. The Hall–Kier alpha value is -2.55. The van der Waals surface area contributed by atoms with Crippen LogP contribution in [0.1, 0.15) is 5.56 Å². The highest BCUT2D eigenvalue weighted by molar-refractivity contribution is 6.46. The van der Waals surface area contributed by atoms with Crippen LogP contribution in [0.2, 0.25) is 0 Å². The Morgan fingerprint density at radius 2 is 2.09 bits per heavy atom. The lowest BCUT2D eigenvalue weighted by molar-refractivity contribution is -0.137. The summed E-state index contributed by atoms with van der Waals surface area (Å²) in [5.74, 6) is 0.349. The number of ether oxygens (including phenoxy) is 1. The van der Waals surface area contributed by atoms with Crippen molar-refractivity contribution in [3.8, 4) is 5.75 Å². The van der Waals surface area contributed by atoms with Gasteiger partial charge in [0.1, 0.15) is 17.9 Å². The summed E-state index contributed by atoms with van der Waals surface area (Å²) in [6.07, 6.45) is -3.75. The molecule has 0 amide bonds. The number of fused-ring (bicyclic) bond motifs is 1. The van der Waals surface area contributed by atoms with Crippen molar-refractivity contribution < 1.29 is 17.9 Å². The first-order valence-corrected chi connectivity index (χ1v) is 6.27. The SMILES string of the molecule is NCC1=NC2N=CN=C2C(Oc2cccc(C(F)(F)F)c2)=N1. The van der Waals surface area contributed by atoms with Crippen molar-refractivity contribution in [3.63, 3.8) is 0 Å². The van der Waals surface area contributed by atoms with E-state index in [0.29, 0.717) is 11.5 Å². The number of nitrogens with two attached hydrogens (primary N) is 1. The first kappa shape index (κ1) is 14.4. The topological polar surface area (TPSA) is 84.7 Å². The lowest BCUT2D eigenvalue weighted by Crippen LogP contribution is -2.35. The fourth-order valence-corrected chi connectivity index (χ4v) is 1.92. The molecule has 2 aliphatic rings. The Kier molecular flexibility index (Phi) is 3.49. The summed E-state index contributed by atoms with van der Waals surface area (Å²) in [5, 5.41) is 0. The van der Waals surface area contributed by atoms with Gasteiger partial charge in [0.2, 0.25) is 5.90 Å². The van der Waals surface area contributed by atoms with Gasteiger partial charge in [0.15, 0.2) is 11.9 Å². The van der Waals surface area contributed by atoms with E-state index in [1.54, 1.807) is 0 Å². The number of nitrogens with zero attached hydrogens (tertiary/aromatic N) is 4. The first-order chi connectivity index (χ1) is 10.5. The highest BCUT2D eigenvalue weighted by Crippen LogP contribution is 2.31. The summed E-state index contributed by atoms with van der Waals surface area (Å²) >= 11 is 0. The van der Waals surface area contributed by atoms with E-state index in [1.165, 1.54) is 18.5 Å². The van der Waals surface area contributed by atoms with Gasteiger partial charge in [-0.3, -0.25) is 0 Å². The first-order valence-electron chi connectivity index (χ1n) is 6.27. The molecule has 0 bridgehead atoms. The van der Waals surface area contributed by atoms with Gasteiger partial charge in [-0.2, -0.15) is 18.2 Å². The van der Waals surface area contributed by atoms with Crippen molar-refractivity contribution in [2.24, 2.45) is 25.7 Å². The van der Waals surface area contributed by atoms with Crippen LogP contribution in [0.25, 0.3) is 0 Å². The number of hydrogen-bond acceptors (Lipinski definition) is 6. The normalized spacial score (nSPS) is 20.2. The molecule has 0 saturated carbocycles. The van der Waals surface area contributed by atoms with Gasteiger partial charge < -0.3 is 10.5 Å². The number of benzene rings is 1. The molecule has 2 aliphatic heterocycles. The molecule has 0 fully saturated rings. The van der Waals surface area contributed by atoms with E-state index in [4.69, 9.17) is 10.5 Å². The Morgan fingerprint density at radius 1 is 1.27 bits per heavy atom. The zero-order valence-electron chi connectivity index (χ0n) is 11.1. The number of rotatable bonds is 2. The lowest BCUT2D eigenvalue weighted by Gasteiger charge is -2.17. The molecule has 0 aliphatic carbocycles. The number of aliphatic imine (C=N–C) groups is 4.